The van der Waals surface area contributed by atoms with E-state index in [1.165, 1.54) is 23.8 Å². The van der Waals surface area contributed by atoms with Crippen molar-refractivity contribution in [2.75, 3.05) is 25.0 Å². The van der Waals surface area contributed by atoms with Crippen LogP contribution < -0.4 is 10.6 Å². The van der Waals surface area contributed by atoms with Crippen LogP contribution in [0.5, 0.6) is 0 Å². The lowest BCUT2D eigenvalue weighted by molar-refractivity contribution is -0.111. The van der Waals surface area contributed by atoms with Crippen LogP contribution in [0.4, 0.5) is 5.69 Å². The lowest BCUT2D eigenvalue weighted by Crippen LogP contribution is -2.40. The quantitative estimate of drug-likeness (QED) is 0.652. The van der Waals surface area contributed by atoms with E-state index in [9.17, 15) is 13.2 Å². The fraction of sp³-hybridized carbons (Fsp3) is 0.318. The molecule has 3 rings (SSSR count). The summed E-state index contributed by atoms with van der Waals surface area (Å²) in [5.74, 6) is 0.144. The highest BCUT2D eigenvalue weighted by molar-refractivity contribution is 7.89. The molecule has 0 unspecified atom stereocenters. The van der Waals surface area contributed by atoms with Gasteiger partial charge in [-0.25, -0.2) is 8.42 Å². The number of hydrogen-bond acceptors (Lipinski definition) is 4. The Kier molecular flexibility index (Phi) is 7.19. The number of amides is 1. The number of carbonyl (C=O) groups excluding carboxylic acids is 1. The number of nitrogens with zero attached hydrogens (tertiary/aromatic N) is 1. The molecule has 0 aliphatic carbocycles. The normalized spacial score (nSPS) is 15.7. The van der Waals surface area contributed by atoms with Crippen LogP contribution in [0.1, 0.15) is 18.4 Å². The lowest BCUT2D eigenvalue weighted by Gasteiger charge is -2.31. The zero-order valence-corrected chi connectivity index (χ0v) is 17.2. The lowest BCUT2D eigenvalue weighted by atomic mass is 9.98. The first-order chi connectivity index (χ1) is 14.0. The van der Waals surface area contributed by atoms with Gasteiger partial charge in [-0.1, -0.05) is 36.9 Å². The van der Waals surface area contributed by atoms with Gasteiger partial charge in [-0.05, 0) is 61.2 Å². The Balaban J connectivity index is 1.50. The van der Waals surface area contributed by atoms with E-state index in [0.29, 0.717) is 24.7 Å². The Morgan fingerprint density at radius 2 is 1.72 bits per heavy atom. The van der Waals surface area contributed by atoms with E-state index in [1.807, 2.05) is 18.2 Å². The van der Waals surface area contributed by atoms with E-state index in [2.05, 4.69) is 29.3 Å². The van der Waals surface area contributed by atoms with Crippen LogP contribution in [-0.4, -0.2) is 38.3 Å². The maximum absolute atomic E-state index is 12.9. The van der Waals surface area contributed by atoms with Crippen LogP contribution >= 0.6 is 0 Å². The van der Waals surface area contributed by atoms with Gasteiger partial charge in [0.05, 0.1) is 4.90 Å². The predicted octanol–water partition coefficient (Wildman–Crippen LogP) is 3.00. The highest BCUT2D eigenvalue weighted by atomic mass is 32.2. The summed E-state index contributed by atoms with van der Waals surface area (Å²) in [5.41, 5.74) is 1.79. The van der Waals surface area contributed by atoms with Gasteiger partial charge in [0.25, 0.3) is 0 Å². The summed E-state index contributed by atoms with van der Waals surface area (Å²) in [7, 11) is -3.52. The third-order valence-corrected chi connectivity index (χ3v) is 7.04. The average Bonchev–Trinajstić information content (AvgIpc) is 2.75. The summed E-state index contributed by atoms with van der Waals surface area (Å²) in [6.45, 7) is 6.16. The zero-order valence-electron chi connectivity index (χ0n) is 16.4. The summed E-state index contributed by atoms with van der Waals surface area (Å²) in [4.78, 5) is 11.6. The van der Waals surface area contributed by atoms with Crippen molar-refractivity contribution in [3.05, 3.63) is 72.8 Å². The molecule has 29 heavy (non-hydrogen) atoms. The number of carbonyl (C=O) groups is 1. The molecule has 0 radical (unpaired) electrons. The summed E-state index contributed by atoms with van der Waals surface area (Å²) in [6, 6.07) is 16.5. The molecule has 1 heterocycles. The Labute approximate surface area is 172 Å². The highest BCUT2D eigenvalue weighted by Crippen LogP contribution is 2.24. The number of hydrogen-bond donors (Lipinski definition) is 2. The summed E-state index contributed by atoms with van der Waals surface area (Å²) < 4.78 is 27.3. The monoisotopic (exact) mass is 413 g/mol. The van der Waals surface area contributed by atoms with E-state index < -0.39 is 10.0 Å². The van der Waals surface area contributed by atoms with Crippen LogP contribution in [0.25, 0.3) is 0 Å². The number of benzene rings is 2. The van der Waals surface area contributed by atoms with Crippen molar-refractivity contribution in [2.24, 2.45) is 5.92 Å². The van der Waals surface area contributed by atoms with Gasteiger partial charge in [-0.3, -0.25) is 4.79 Å². The van der Waals surface area contributed by atoms with Crippen LogP contribution in [0.3, 0.4) is 0 Å². The molecule has 1 aliphatic heterocycles. The van der Waals surface area contributed by atoms with E-state index in [1.54, 1.807) is 16.4 Å². The molecule has 0 saturated carbocycles. The Hall–Kier alpha value is -2.48. The topological polar surface area (TPSA) is 78.5 Å². The largest absolute Gasteiger partial charge is 0.323 e. The number of anilines is 1. The molecule has 1 saturated heterocycles. The van der Waals surface area contributed by atoms with Crippen molar-refractivity contribution >= 4 is 21.6 Å². The number of rotatable bonds is 8. The first-order valence-electron chi connectivity index (χ1n) is 9.77. The van der Waals surface area contributed by atoms with Crippen LogP contribution in [0, 0.1) is 5.92 Å². The van der Waals surface area contributed by atoms with E-state index in [-0.39, 0.29) is 10.8 Å². The van der Waals surface area contributed by atoms with Gasteiger partial charge in [0.15, 0.2) is 0 Å². The van der Waals surface area contributed by atoms with E-state index >= 15 is 0 Å². The van der Waals surface area contributed by atoms with Gasteiger partial charge in [-0.15, -0.1) is 0 Å². The van der Waals surface area contributed by atoms with Crippen LogP contribution in [-0.2, 0) is 21.4 Å². The fourth-order valence-corrected chi connectivity index (χ4v) is 4.89. The predicted molar refractivity (Wildman–Crippen MR) is 115 cm³/mol. The fourth-order valence-electron chi connectivity index (χ4n) is 3.42. The number of nitrogens with one attached hydrogen (secondary N) is 2. The number of piperidine rings is 1. The summed E-state index contributed by atoms with van der Waals surface area (Å²) in [5, 5.41) is 6.09. The molecule has 2 aromatic rings. The molecule has 154 valence electrons. The molecular formula is C22H27N3O3S. The summed E-state index contributed by atoms with van der Waals surface area (Å²) in [6.07, 6.45) is 2.85. The van der Waals surface area contributed by atoms with Crippen LogP contribution in [0.15, 0.2) is 72.1 Å². The molecule has 1 amide bonds. The maximum atomic E-state index is 12.9. The smallest absolute Gasteiger partial charge is 0.247 e. The second kappa shape index (κ2) is 9.82. The van der Waals surface area contributed by atoms with Crippen LogP contribution in [0.2, 0.25) is 0 Å². The Bertz CT molecular complexity index is 920. The molecular weight excluding hydrogens is 386 g/mol. The number of sulfonamides is 1. The Morgan fingerprint density at radius 3 is 2.34 bits per heavy atom. The van der Waals surface area contributed by atoms with Gasteiger partial charge >= 0.3 is 0 Å². The average molecular weight is 414 g/mol. The van der Waals surface area contributed by atoms with Gasteiger partial charge in [0.2, 0.25) is 15.9 Å². The SMILES string of the molecule is C=CC(=O)Nc1ccc(S(=O)(=O)N2CCC(CNCc3ccccc3)CC2)cc1. The molecule has 1 fully saturated rings. The Morgan fingerprint density at radius 1 is 1.07 bits per heavy atom. The van der Waals surface area contributed by atoms with Crippen molar-refractivity contribution < 1.29 is 13.2 Å². The molecule has 7 heteroatoms. The molecule has 6 nitrogen and oxygen atoms in total. The molecule has 0 spiro atoms. The molecule has 2 N–H and O–H groups in total. The minimum absolute atomic E-state index is 0.245. The van der Waals surface area contributed by atoms with Gasteiger partial charge in [0.1, 0.15) is 0 Å². The second-order valence-corrected chi connectivity index (χ2v) is 9.12. The minimum Gasteiger partial charge on any atom is -0.323 e. The molecule has 0 bridgehead atoms. The van der Waals surface area contributed by atoms with Crippen molar-refractivity contribution in [3.63, 3.8) is 0 Å². The first kappa shape index (κ1) is 21.2. The third-order valence-electron chi connectivity index (χ3n) is 5.12. The van der Waals surface area contributed by atoms with Crippen molar-refractivity contribution in [3.8, 4) is 0 Å². The van der Waals surface area contributed by atoms with Crippen molar-refractivity contribution in [1.29, 1.82) is 0 Å². The van der Waals surface area contributed by atoms with Crippen molar-refractivity contribution in [2.45, 2.75) is 24.3 Å². The zero-order chi connectivity index (χ0) is 20.7. The maximum Gasteiger partial charge on any atom is 0.247 e. The van der Waals surface area contributed by atoms with Crippen molar-refractivity contribution in [1.82, 2.24) is 9.62 Å². The molecule has 0 atom stereocenters. The molecule has 0 aromatic heterocycles. The molecule has 1 aliphatic rings. The van der Waals surface area contributed by atoms with E-state index in [0.717, 1.165) is 25.9 Å². The third kappa shape index (κ3) is 5.76. The first-order valence-corrected chi connectivity index (χ1v) is 11.2. The van der Waals surface area contributed by atoms with Gasteiger partial charge < -0.3 is 10.6 Å². The van der Waals surface area contributed by atoms with E-state index in [4.69, 9.17) is 0 Å². The summed E-state index contributed by atoms with van der Waals surface area (Å²) >= 11 is 0. The standard InChI is InChI=1S/C22H27N3O3S/c1-2-22(26)24-20-8-10-21(11-9-20)29(27,28)25-14-12-19(13-15-25)17-23-16-18-6-4-3-5-7-18/h2-11,19,23H,1,12-17H2,(H,24,26). The van der Waals surface area contributed by atoms with Gasteiger partial charge in [0, 0.05) is 25.3 Å². The molecule has 2 aromatic carbocycles. The minimum atomic E-state index is -3.52. The highest BCUT2D eigenvalue weighted by Gasteiger charge is 2.29. The second-order valence-electron chi connectivity index (χ2n) is 7.18. The van der Waals surface area contributed by atoms with Gasteiger partial charge in [-0.2, -0.15) is 4.31 Å².